The van der Waals surface area contributed by atoms with E-state index in [-0.39, 0.29) is 11.3 Å². The van der Waals surface area contributed by atoms with Crippen LogP contribution in [0.3, 0.4) is 0 Å². The second-order valence-electron chi connectivity index (χ2n) is 5.46. The molecule has 0 aliphatic heterocycles. The van der Waals surface area contributed by atoms with Crippen LogP contribution in [0, 0.1) is 21.4 Å². The van der Waals surface area contributed by atoms with Gasteiger partial charge in [0.1, 0.15) is 11.6 Å². The fourth-order valence-electron chi connectivity index (χ4n) is 2.25. The number of nitriles is 1. The number of nitrogens with one attached hydrogen (secondary N) is 1. The monoisotopic (exact) mass is 350 g/mol. The molecular formula is C19H18N4O3. The van der Waals surface area contributed by atoms with Gasteiger partial charge in [0, 0.05) is 37.1 Å². The van der Waals surface area contributed by atoms with Crippen molar-refractivity contribution in [2.24, 2.45) is 0 Å². The molecule has 0 saturated carbocycles. The highest BCUT2D eigenvalue weighted by Gasteiger charge is 2.12. The molecule has 7 heteroatoms. The van der Waals surface area contributed by atoms with Crippen molar-refractivity contribution in [1.82, 2.24) is 4.90 Å². The summed E-state index contributed by atoms with van der Waals surface area (Å²) in [6.45, 7) is 3.14. The summed E-state index contributed by atoms with van der Waals surface area (Å²) < 4.78 is 0. The Labute approximate surface area is 151 Å². The normalized spacial score (nSPS) is 10.7. The van der Waals surface area contributed by atoms with E-state index in [1.165, 1.54) is 30.5 Å². The number of amides is 1. The van der Waals surface area contributed by atoms with Crippen LogP contribution in [0.15, 0.2) is 66.4 Å². The van der Waals surface area contributed by atoms with Gasteiger partial charge in [-0.2, -0.15) is 5.26 Å². The molecule has 0 spiro atoms. The first-order valence-corrected chi connectivity index (χ1v) is 7.99. The number of nitrogens with zero attached hydrogens (tertiary/aromatic N) is 3. The maximum Gasteiger partial charge on any atom is 0.269 e. The molecule has 0 aliphatic rings. The van der Waals surface area contributed by atoms with Crippen LogP contribution in [0.25, 0.3) is 0 Å². The van der Waals surface area contributed by atoms with Crippen LogP contribution >= 0.6 is 0 Å². The highest BCUT2D eigenvalue weighted by Crippen LogP contribution is 2.16. The minimum Gasteiger partial charge on any atom is -0.372 e. The third kappa shape index (κ3) is 5.18. The van der Waals surface area contributed by atoms with Crippen molar-refractivity contribution in [3.63, 3.8) is 0 Å². The number of hydrogen-bond donors (Lipinski definition) is 1. The summed E-state index contributed by atoms with van der Waals surface area (Å²) in [7, 11) is 0. The Hall–Kier alpha value is -3.66. The van der Waals surface area contributed by atoms with E-state index >= 15 is 0 Å². The lowest BCUT2D eigenvalue weighted by Crippen LogP contribution is -2.21. The summed E-state index contributed by atoms with van der Waals surface area (Å²) in [6.07, 6.45) is 1.52. The molecule has 0 radical (unpaired) electrons. The molecule has 2 aromatic rings. The van der Waals surface area contributed by atoms with Gasteiger partial charge in [0.25, 0.3) is 11.6 Å². The predicted octanol–water partition coefficient (Wildman–Crippen LogP) is 3.46. The number of benzene rings is 2. The average molecular weight is 350 g/mol. The van der Waals surface area contributed by atoms with E-state index in [2.05, 4.69) is 5.32 Å². The van der Waals surface area contributed by atoms with E-state index in [0.717, 1.165) is 5.56 Å². The van der Waals surface area contributed by atoms with Gasteiger partial charge >= 0.3 is 0 Å². The summed E-state index contributed by atoms with van der Waals surface area (Å²) in [5.74, 6) is -0.562. The van der Waals surface area contributed by atoms with Crippen molar-refractivity contribution in [3.8, 4) is 6.07 Å². The standard InChI is InChI=1S/C19H18N4O3/c1-2-22(13-15-6-4-3-5-7-15)14-16(12-20)19(24)21-17-8-10-18(11-9-17)23(25)26/h3-11,14H,2,13H2,1H3,(H,21,24)/b16-14-. The summed E-state index contributed by atoms with van der Waals surface area (Å²) in [4.78, 5) is 24.3. The van der Waals surface area contributed by atoms with Gasteiger partial charge in [0.05, 0.1) is 4.92 Å². The third-order valence-electron chi connectivity index (χ3n) is 3.65. The average Bonchev–Trinajstić information content (AvgIpc) is 2.66. The molecule has 7 nitrogen and oxygen atoms in total. The van der Waals surface area contributed by atoms with Crippen LogP contribution in [-0.2, 0) is 11.3 Å². The molecule has 132 valence electrons. The van der Waals surface area contributed by atoms with Gasteiger partial charge in [0.15, 0.2) is 0 Å². The first-order chi connectivity index (χ1) is 12.5. The van der Waals surface area contributed by atoms with Crippen LogP contribution in [-0.4, -0.2) is 22.3 Å². The minimum atomic E-state index is -0.562. The van der Waals surface area contributed by atoms with E-state index in [4.69, 9.17) is 0 Å². The number of rotatable bonds is 7. The van der Waals surface area contributed by atoms with Crippen molar-refractivity contribution < 1.29 is 9.72 Å². The van der Waals surface area contributed by atoms with E-state index in [1.807, 2.05) is 48.2 Å². The Kier molecular flexibility index (Phi) is 6.46. The number of carbonyl (C=O) groups excluding carboxylic acids is 1. The van der Waals surface area contributed by atoms with Gasteiger partial charge in [-0.15, -0.1) is 0 Å². The number of anilines is 1. The molecule has 2 aromatic carbocycles. The van der Waals surface area contributed by atoms with Crippen LogP contribution in [0.5, 0.6) is 0 Å². The topological polar surface area (TPSA) is 99.3 Å². The molecule has 0 atom stereocenters. The SMILES string of the molecule is CCN(/C=C(/C#N)C(=O)Nc1ccc([N+](=O)[O-])cc1)Cc1ccccc1. The first kappa shape index (κ1) is 18.7. The zero-order chi connectivity index (χ0) is 18.9. The van der Waals surface area contributed by atoms with Crippen molar-refractivity contribution in [1.29, 1.82) is 5.26 Å². The highest BCUT2D eigenvalue weighted by molar-refractivity contribution is 6.06. The number of hydrogen-bond acceptors (Lipinski definition) is 5. The summed E-state index contributed by atoms with van der Waals surface area (Å²) in [5, 5.41) is 22.5. The zero-order valence-corrected chi connectivity index (χ0v) is 14.3. The maximum atomic E-state index is 12.3. The molecule has 0 unspecified atom stereocenters. The largest absolute Gasteiger partial charge is 0.372 e. The number of nitro benzene ring substituents is 1. The number of carbonyl (C=O) groups is 1. The quantitative estimate of drug-likeness (QED) is 0.357. The van der Waals surface area contributed by atoms with Gasteiger partial charge in [0.2, 0.25) is 0 Å². The van der Waals surface area contributed by atoms with Gasteiger partial charge in [-0.05, 0) is 24.6 Å². The fourth-order valence-corrected chi connectivity index (χ4v) is 2.25. The predicted molar refractivity (Wildman–Crippen MR) is 97.9 cm³/mol. The van der Waals surface area contributed by atoms with Crippen molar-refractivity contribution in [3.05, 3.63) is 82.0 Å². The lowest BCUT2D eigenvalue weighted by molar-refractivity contribution is -0.384. The highest BCUT2D eigenvalue weighted by atomic mass is 16.6. The Balaban J connectivity index is 2.09. The van der Waals surface area contributed by atoms with E-state index < -0.39 is 10.8 Å². The van der Waals surface area contributed by atoms with Crippen molar-refractivity contribution in [2.75, 3.05) is 11.9 Å². The lowest BCUT2D eigenvalue weighted by Gasteiger charge is -2.19. The fraction of sp³-hybridized carbons (Fsp3) is 0.158. The molecule has 2 rings (SSSR count). The van der Waals surface area contributed by atoms with E-state index in [9.17, 15) is 20.2 Å². The van der Waals surface area contributed by atoms with Gasteiger partial charge in [-0.25, -0.2) is 0 Å². The van der Waals surface area contributed by atoms with Crippen LogP contribution in [0.1, 0.15) is 12.5 Å². The molecule has 0 aliphatic carbocycles. The first-order valence-electron chi connectivity index (χ1n) is 7.99. The molecule has 0 aromatic heterocycles. The maximum absolute atomic E-state index is 12.3. The second-order valence-corrected chi connectivity index (χ2v) is 5.46. The van der Waals surface area contributed by atoms with Crippen LogP contribution < -0.4 is 5.32 Å². The minimum absolute atomic E-state index is 0.0406. The molecule has 1 amide bonds. The van der Waals surface area contributed by atoms with Crippen LogP contribution in [0.2, 0.25) is 0 Å². The summed E-state index contributed by atoms with van der Waals surface area (Å²) >= 11 is 0. The van der Waals surface area contributed by atoms with Crippen molar-refractivity contribution in [2.45, 2.75) is 13.5 Å². The Bertz CT molecular complexity index is 839. The second kappa shape index (κ2) is 8.99. The van der Waals surface area contributed by atoms with Gasteiger partial charge < -0.3 is 10.2 Å². The molecule has 26 heavy (non-hydrogen) atoms. The Morgan fingerprint density at radius 3 is 2.42 bits per heavy atom. The Morgan fingerprint density at radius 2 is 1.88 bits per heavy atom. The summed E-state index contributed by atoms with van der Waals surface area (Å²) in [5.41, 5.74) is 1.34. The van der Waals surface area contributed by atoms with Gasteiger partial charge in [-0.1, -0.05) is 30.3 Å². The molecule has 0 fully saturated rings. The van der Waals surface area contributed by atoms with Crippen molar-refractivity contribution >= 4 is 17.3 Å². The number of non-ortho nitro benzene ring substituents is 1. The zero-order valence-electron chi connectivity index (χ0n) is 14.3. The lowest BCUT2D eigenvalue weighted by atomic mass is 10.2. The molecule has 0 bridgehead atoms. The van der Waals surface area contributed by atoms with Gasteiger partial charge in [-0.3, -0.25) is 14.9 Å². The molecular weight excluding hydrogens is 332 g/mol. The summed E-state index contributed by atoms with van der Waals surface area (Å²) in [6, 6.07) is 17.1. The molecule has 0 saturated heterocycles. The molecule has 1 N–H and O–H groups in total. The molecule has 0 heterocycles. The Morgan fingerprint density at radius 1 is 1.23 bits per heavy atom. The van der Waals surface area contributed by atoms with E-state index in [0.29, 0.717) is 18.8 Å². The van der Waals surface area contributed by atoms with Crippen LogP contribution in [0.4, 0.5) is 11.4 Å². The smallest absolute Gasteiger partial charge is 0.269 e. The third-order valence-corrected chi connectivity index (χ3v) is 3.65. The van der Waals surface area contributed by atoms with E-state index in [1.54, 1.807) is 0 Å². The number of nitro groups is 1.